The molecule has 8 aromatic carbocycles. The van der Waals surface area contributed by atoms with Gasteiger partial charge in [0.2, 0.25) is 0 Å². The van der Waals surface area contributed by atoms with Crippen molar-refractivity contribution >= 4 is 17.1 Å². The van der Waals surface area contributed by atoms with Crippen LogP contribution in [0.4, 0.5) is 17.1 Å². The minimum atomic E-state index is -0.296. The minimum Gasteiger partial charge on any atom is -0.310 e. The quantitative estimate of drug-likeness (QED) is 0.155. The summed E-state index contributed by atoms with van der Waals surface area (Å²) in [5.74, 6) is 1.97. The fraction of sp³-hybridized carbons (Fsp3) is 0.0556. The maximum absolute atomic E-state index is 5.06. The molecule has 9 aromatic rings. The van der Waals surface area contributed by atoms with E-state index in [-0.39, 0.29) is 5.41 Å². The van der Waals surface area contributed by atoms with Gasteiger partial charge in [0, 0.05) is 39.0 Å². The van der Waals surface area contributed by atoms with E-state index in [1.165, 1.54) is 44.5 Å². The lowest BCUT2D eigenvalue weighted by Gasteiger charge is -2.30. The molecule has 58 heavy (non-hydrogen) atoms. The van der Waals surface area contributed by atoms with Gasteiger partial charge in [-0.3, -0.25) is 0 Å². The molecule has 4 heteroatoms. The zero-order valence-electron chi connectivity index (χ0n) is 32.4. The van der Waals surface area contributed by atoms with Gasteiger partial charge in [0.05, 0.1) is 5.69 Å². The van der Waals surface area contributed by atoms with Crippen LogP contribution in [0.2, 0.25) is 0 Å². The summed E-state index contributed by atoms with van der Waals surface area (Å²) in [6.45, 7) is 4.67. The van der Waals surface area contributed by atoms with Crippen LogP contribution in [-0.2, 0) is 5.41 Å². The molecule has 0 saturated carbocycles. The summed E-state index contributed by atoms with van der Waals surface area (Å²) >= 11 is 0. The number of benzene rings is 8. The van der Waals surface area contributed by atoms with Gasteiger partial charge >= 0.3 is 0 Å². The highest BCUT2D eigenvalue weighted by Crippen LogP contribution is 2.52. The van der Waals surface area contributed by atoms with Crippen LogP contribution in [0.25, 0.3) is 67.5 Å². The largest absolute Gasteiger partial charge is 0.310 e. The molecule has 0 spiro atoms. The van der Waals surface area contributed by atoms with Gasteiger partial charge in [0.15, 0.2) is 17.5 Å². The average Bonchev–Trinajstić information content (AvgIpc) is 3.52. The molecule has 0 fully saturated rings. The van der Waals surface area contributed by atoms with Crippen LogP contribution in [0.5, 0.6) is 0 Å². The van der Waals surface area contributed by atoms with Crippen LogP contribution in [0.1, 0.15) is 25.0 Å². The number of rotatable bonds is 8. The van der Waals surface area contributed by atoms with E-state index in [2.05, 4.69) is 164 Å². The van der Waals surface area contributed by atoms with E-state index in [0.29, 0.717) is 17.5 Å². The fourth-order valence-electron chi connectivity index (χ4n) is 8.33. The molecule has 1 aliphatic carbocycles. The van der Waals surface area contributed by atoms with Crippen LogP contribution in [0, 0.1) is 0 Å². The monoisotopic (exact) mass is 744 g/mol. The molecule has 4 nitrogen and oxygen atoms in total. The number of para-hydroxylation sites is 1. The third-order valence-corrected chi connectivity index (χ3v) is 11.3. The van der Waals surface area contributed by atoms with Gasteiger partial charge < -0.3 is 4.90 Å². The standard InChI is InChI=1S/C54H40N4/c1-54(2)48-35-42(53-56-51(40-21-11-5-12-22-40)55-52(57-53)41-23-13-6-14-24-41)29-33-46(48)47-34-32-44(36-49(47)54)58(43-30-27-38(28-31-43)37-17-7-3-8-18-37)50-26-16-15-25-45(50)39-19-9-4-10-20-39/h3-36H,1-2H3. The molecule has 0 radical (unpaired) electrons. The van der Waals surface area contributed by atoms with Gasteiger partial charge in [0.1, 0.15) is 0 Å². The van der Waals surface area contributed by atoms with E-state index in [1.54, 1.807) is 0 Å². The summed E-state index contributed by atoms with van der Waals surface area (Å²) < 4.78 is 0. The van der Waals surface area contributed by atoms with Crippen LogP contribution < -0.4 is 4.90 Å². The molecule has 0 aliphatic heterocycles. The van der Waals surface area contributed by atoms with Gasteiger partial charge in [-0.05, 0) is 75.3 Å². The Balaban J connectivity index is 1.08. The van der Waals surface area contributed by atoms with Crippen molar-refractivity contribution in [3.05, 3.63) is 217 Å². The molecule has 1 heterocycles. The predicted octanol–water partition coefficient (Wildman–Crippen LogP) is 14.0. The highest BCUT2D eigenvalue weighted by molar-refractivity contribution is 5.91. The fourth-order valence-corrected chi connectivity index (χ4v) is 8.33. The molecule has 0 amide bonds. The summed E-state index contributed by atoms with van der Waals surface area (Å²) in [6, 6.07) is 72.8. The van der Waals surface area contributed by atoms with Crippen molar-refractivity contribution in [1.29, 1.82) is 0 Å². The van der Waals surface area contributed by atoms with Crippen LogP contribution in [0.3, 0.4) is 0 Å². The lowest BCUT2D eigenvalue weighted by atomic mass is 9.81. The Morgan fingerprint density at radius 2 is 0.741 bits per heavy atom. The van der Waals surface area contributed by atoms with Crippen LogP contribution in [0.15, 0.2) is 206 Å². The summed E-state index contributed by atoms with van der Waals surface area (Å²) in [4.78, 5) is 17.4. The lowest BCUT2D eigenvalue weighted by Crippen LogP contribution is -2.17. The summed E-state index contributed by atoms with van der Waals surface area (Å²) in [7, 11) is 0. The highest BCUT2D eigenvalue weighted by atomic mass is 15.1. The Hall–Kier alpha value is -7.43. The van der Waals surface area contributed by atoms with Crippen molar-refractivity contribution in [2.75, 3.05) is 4.90 Å². The maximum atomic E-state index is 5.06. The number of anilines is 3. The van der Waals surface area contributed by atoms with Crippen LogP contribution in [-0.4, -0.2) is 15.0 Å². The molecule has 10 rings (SSSR count). The molecule has 0 bridgehead atoms. The van der Waals surface area contributed by atoms with Gasteiger partial charge in [-0.25, -0.2) is 15.0 Å². The second-order valence-electron chi connectivity index (χ2n) is 15.3. The van der Waals surface area contributed by atoms with Crippen molar-refractivity contribution in [1.82, 2.24) is 15.0 Å². The van der Waals surface area contributed by atoms with E-state index < -0.39 is 0 Å². The first-order valence-electron chi connectivity index (χ1n) is 19.8. The Morgan fingerprint density at radius 1 is 0.328 bits per heavy atom. The minimum absolute atomic E-state index is 0.296. The summed E-state index contributed by atoms with van der Waals surface area (Å²) in [5, 5.41) is 0. The third-order valence-electron chi connectivity index (χ3n) is 11.3. The van der Waals surface area contributed by atoms with Crippen LogP contribution >= 0.6 is 0 Å². The Bertz CT molecular complexity index is 2830. The molecule has 0 atom stereocenters. The smallest absolute Gasteiger partial charge is 0.164 e. The van der Waals surface area contributed by atoms with Gasteiger partial charge in [0.25, 0.3) is 0 Å². The first-order chi connectivity index (χ1) is 28.5. The number of fused-ring (bicyclic) bond motifs is 3. The molecule has 1 aromatic heterocycles. The molecular weight excluding hydrogens is 705 g/mol. The molecule has 276 valence electrons. The number of hydrogen-bond acceptors (Lipinski definition) is 4. The molecule has 0 N–H and O–H groups in total. The van der Waals surface area contributed by atoms with Crippen molar-refractivity contribution < 1.29 is 0 Å². The van der Waals surface area contributed by atoms with E-state index in [4.69, 9.17) is 15.0 Å². The van der Waals surface area contributed by atoms with E-state index >= 15 is 0 Å². The second-order valence-corrected chi connectivity index (χ2v) is 15.3. The Morgan fingerprint density at radius 3 is 1.33 bits per heavy atom. The van der Waals surface area contributed by atoms with E-state index in [1.807, 2.05) is 60.7 Å². The molecule has 0 unspecified atom stereocenters. The molecule has 0 saturated heterocycles. The lowest BCUT2D eigenvalue weighted by molar-refractivity contribution is 0.660. The first kappa shape index (κ1) is 35.0. The topological polar surface area (TPSA) is 41.9 Å². The number of nitrogens with zero attached hydrogens (tertiary/aromatic N) is 4. The normalized spacial score (nSPS) is 12.4. The van der Waals surface area contributed by atoms with E-state index in [9.17, 15) is 0 Å². The van der Waals surface area contributed by atoms with Gasteiger partial charge in [-0.1, -0.05) is 184 Å². The van der Waals surface area contributed by atoms with Crippen molar-refractivity contribution in [3.8, 4) is 67.5 Å². The van der Waals surface area contributed by atoms with Crippen molar-refractivity contribution in [2.24, 2.45) is 0 Å². The predicted molar refractivity (Wildman–Crippen MR) is 239 cm³/mol. The SMILES string of the molecule is CC1(C)c2cc(-c3nc(-c4ccccc4)nc(-c4ccccc4)n3)ccc2-c2ccc(N(c3ccc(-c4ccccc4)cc3)c3ccccc3-c3ccccc3)cc21. The van der Waals surface area contributed by atoms with Crippen molar-refractivity contribution in [2.45, 2.75) is 19.3 Å². The van der Waals surface area contributed by atoms with Gasteiger partial charge in [-0.2, -0.15) is 0 Å². The summed E-state index contributed by atoms with van der Waals surface area (Å²) in [5.41, 5.74) is 15.7. The Labute approximate surface area is 339 Å². The van der Waals surface area contributed by atoms with Gasteiger partial charge in [-0.15, -0.1) is 0 Å². The summed E-state index contributed by atoms with van der Waals surface area (Å²) in [6.07, 6.45) is 0. The second kappa shape index (κ2) is 14.6. The highest BCUT2D eigenvalue weighted by Gasteiger charge is 2.37. The first-order valence-corrected chi connectivity index (χ1v) is 19.8. The Kier molecular flexibility index (Phi) is 8.80. The van der Waals surface area contributed by atoms with Crippen molar-refractivity contribution in [3.63, 3.8) is 0 Å². The number of aromatic nitrogens is 3. The molecule has 1 aliphatic rings. The average molecular weight is 745 g/mol. The van der Waals surface area contributed by atoms with E-state index in [0.717, 1.165) is 33.8 Å². The number of hydrogen-bond donors (Lipinski definition) is 0. The zero-order chi connectivity index (χ0) is 39.1. The third kappa shape index (κ3) is 6.35. The molecular formula is C54H40N4. The zero-order valence-corrected chi connectivity index (χ0v) is 32.4. The maximum Gasteiger partial charge on any atom is 0.164 e.